The van der Waals surface area contributed by atoms with Gasteiger partial charge in [-0.3, -0.25) is 14.4 Å². The Morgan fingerprint density at radius 1 is 0.667 bits per heavy atom. The zero-order chi connectivity index (χ0) is 26.7. The fraction of sp³-hybridized carbons (Fsp3) is 0.897. The predicted molar refractivity (Wildman–Crippen MR) is 149 cm³/mol. The first-order valence-corrected chi connectivity index (χ1v) is 15.6. The lowest BCUT2D eigenvalue weighted by molar-refractivity contribution is -0.161. The van der Waals surface area contributed by atoms with E-state index in [1.54, 1.807) is 6.92 Å². The summed E-state index contributed by atoms with van der Waals surface area (Å²) in [5.74, 6) is 0.307. The van der Waals surface area contributed by atoms with E-state index in [4.69, 9.17) is 9.47 Å². The van der Waals surface area contributed by atoms with Crippen LogP contribution in [0.3, 0.4) is 0 Å². The van der Waals surface area contributed by atoms with Crippen molar-refractivity contribution in [2.45, 2.75) is 148 Å². The number of carbonyl (C=O) groups excluding carboxylic acids is 3. The highest BCUT2D eigenvalue weighted by Gasteiger charge is 2.16. The molecule has 0 aliphatic heterocycles. The van der Waals surface area contributed by atoms with E-state index >= 15 is 0 Å². The van der Waals surface area contributed by atoms with Crippen LogP contribution in [0.4, 0.5) is 0 Å². The molecule has 0 heterocycles. The second-order valence-corrected chi connectivity index (χ2v) is 11.1. The summed E-state index contributed by atoms with van der Waals surface area (Å²) in [5.41, 5.74) is 0. The topological polar surface area (TPSA) is 89.9 Å². The van der Waals surface area contributed by atoms with Crippen molar-refractivity contribution in [1.29, 1.82) is 0 Å². The van der Waals surface area contributed by atoms with Gasteiger partial charge in [-0.15, -0.1) is 0 Å². The molecule has 0 saturated carbocycles. The Hall–Kier alpha value is -1.08. The maximum absolute atomic E-state index is 12.0. The first kappa shape index (κ1) is 34.9. The molecular formula is C29H54O6S. The Kier molecular flexibility index (Phi) is 26.2. The van der Waals surface area contributed by atoms with E-state index < -0.39 is 6.10 Å². The van der Waals surface area contributed by atoms with Crippen LogP contribution in [0.15, 0.2) is 0 Å². The van der Waals surface area contributed by atoms with Crippen LogP contribution in [0.25, 0.3) is 0 Å². The van der Waals surface area contributed by atoms with Gasteiger partial charge in [0.2, 0.25) is 0 Å². The molecule has 0 fully saturated rings. The van der Waals surface area contributed by atoms with E-state index in [1.807, 2.05) is 0 Å². The Morgan fingerprint density at radius 3 is 1.58 bits per heavy atom. The van der Waals surface area contributed by atoms with E-state index in [2.05, 4.69) is 6.92 Å². The average Bonchev–Trinajstić information content (AvgIpc) is 2.85. The molecule has 0 aromatic heterocycles. The number of aliphatic hydroxyl groups is 1. The van der Waals surface area contributed by atoms with E-state index in [9.17, 15) is 19.5 Å². The van der Waals surface area contributed by atoms with Gasteiger partial charge in [-0.2, -0.15) is 0 Å². The monoisotopic (exact) mass is 530 g/mol. The molecule has 0 unspecified atom stereocenters. The van der Waals surface area contributed by atoms with E-state index in [0.717, 1.165) is 50.7 Å². The van der Waals surface area contributed by atoms with E-state index in [0.29, 0.717) is 12.8 Å². The number of thioether (sulfide) groups is 1. The summed E-state index contributed by atoms with van der Waals surface area (Å²) in [6.07, 6.45) is 20.6. The molecule has 0 bridgehead atoms. The summed E-state index contributed by atoms with van der Waals surface area (Å²) < 4.78 is 10.5. The first-order chi connectivity index (χ1) is 17.5. The van der Waals surface area contributed by atoms with Gasteiger partial charge in [0.15, 0.2) is 11.2 Å². The van der Waals surface area contributed by atoms with Crippen molar-refractivity contribution in [3.05, 3.63) is 0 Å². The summed E-state index contributed by atoms with van der Waals surface area (Å²) >= 11 is 1.42. The summed E-state index contributed by atoms with van der Waals surface area (Å²) in [5, 5.41) is 9.64. The Labute approximate surface area is 225 Å². The van der Waals surface area contributed by atoms with Crippen molar-refractivity contribution >= 4 is 28.8 Å². The normalized spacial score (nSPS) is 11.9. The molecule has 0 spiro atoms. The van der Waals surface area contributed by atoms with Crippen LogP contribution in [-0.2, 0) is 23.9 Å². The second-order valence-electron chi connectivity index (χ2n) is 9.83. The highest BCUT2D eigenvalue weighted by Crippen LogP contribution is 2.14. The lowest BCUT2D eigenvalue weighted by Crippen LogP contribution is -2.28. The molecule has 1 atom stereocenters. The summed E-state index contributed by atoms with van der Waals surface area (Å²) in [6, 6.07) is 0. The molecule has 0 aliphatic carbocycles. The fourth-order valence-electron chi connectivity index (χ4n) is 4.03. The molecule has 1 N–H and O–H groups in total. The predicted octanol–water partition coefficient (Wildman–Crippen LogP) is 7.54. The molecule has 0 aromatic carbocycles. The lowest BCUT2D eigenvalue weighted by atomic mass is 10.1. The zero-order valence-electron chi connectivity index (χ0n) is 23.2. The summed E-state index contributed by atoms with van der Waals surface area (Å²) in [4.78, 5) is 34.8. The maximum Gasteiger partial charge on any atom is 0.306 e. The smallest absolute Gasteiger partial charge is 0.306 e. The fourth-order valence-corrected chi connectivity index (χ4v) is 4.67. The van der Waals surface area contributed by atoms with Crippen LogP contribution in [-0.4, -0.2) is 47.2 Å². The molecule has 7 heteroatoms. The number of esters is 2. The number of hydrogen-bond donors (Lipinski definition) is 1. The van der Waals surface area contributed by atoms with Gasteiger partial charge in [0.05, 0.1) is 6.61 Å². The van der Waals surface area contributed by atoms with Crippen LogP contribution in [0.1, 0.15) is 142 Å². The van der Waals surface area contributed by atoms with E-state index in [1.165, 1.54) is 82.4 Å². The molecule has 0 amide bonds. The first-order valence-electron chi connectivity index (χ1n) is 14.6. The molecule has 6 nitrogen and oxygen atoms in total. The maximum atomic E-state index is 12.0. The van der Waals surface area contributed by atoms with Gasteiger partial charge in [-0.05, 0) is 19.3 Å². The number of hydrogen-bond acceptors (Lipinski definition) is 7. The SMILES string of the molecule is CCCCCCCCCCCC(=O)O[C@@H](CO)COC(=O)CCCCCCCCCCCSC(C)=O. The standard InChI is InChI=1S/C29H54O6S/c1-3-4-5-6-7-9-13-16-19-22-29(33)35-27(24-30)25-34-28(32)21-18-15-12-10-8-11-14-17-20-23-36-26(2)31/h27,30H,3-25H2,1-2H3/t27-/m0/s1. The molecule has 0 saturated heterocycles. The van der Waals surface area contributed by atoms with Crippen molar-refractivity contribution in [3.8, 4) is 0 Å². The van der Waals surface area contributed by atoms with Gasteiger partial charge in [-0.1, -0.05) is 115 Å². The van der Waals surface area contributed by atoms with Gasteiger partial charge in [-0.25, -0.2) is 0 Å². The van der Waals surface area contributed by atoms with Crippen molar-refractivity contribution < 1.29 is 29.0 Å². The molecule has 0 rings (SSSR count). The minimum Gasteiger partial charge on any atom is -0.462 e. The Morgan fingerprint density at radius 2 is 1.11 bits per heavy atom. The van der Waals surface area contributed by atoms with Crippen LogP contribution in [0.2, 0.25) is 0 Å². The third kappa shape index (κ3) is 26.0. The highest BCUT2D eigenvalue weighted by atomic mass is 32.2. The van der Waals surface area contributed by atoms with Gasteiger partial charge < -0.3 is 14.6 Å². The van der Waals surface area contributed by atoms with Gasteiger partial charge in [0.1, 0.15) is 6.61 Å². The number of carbonyl (C=O) groups is 3. The molecule has 0 aliphatic rings. The van der Waals surface area contributed by atoms with Crippen LogP contribution in [0.5, 0.6) is 0 Å². The number of unbranched alkanes of at least 4 members (excludes halogenated alkanes) is 16. The largest absolute Gasteiger partial charge is 0.462 e. The Bertz CT molecular complexity index is 540. The minimum atomic E-state index is -0.777. The summed E-state index contributed by atoms with van der Waals surface area (Å²) in [6.45, 7) is 3.42. The van der Waals surface area contributed by atoms with Crippen molar-refractivity contribution in [2.24, 2.45) is 0 Å². The quantitative estimate of drug-likeness (QED) is 0.0912. The summed E-state index contributed by atoms with van der Waals surface area (Å²) in [7, 11) is 0. The molecular weight excluding hydrogens is 476 g/mol. The molecule has 212 valence electrons. The third-order valence-corrected chi connectivity index (χ3v) is 7.15. The van der Waals surface area contributed by atoms with Gasteiger partial charge in [0.25, 0.3) is 0 Å². The number of ether oxygens (including phenoxy) is 2. The van der Waals surface area contributed by atoms with Gasteiger partial charge >= 0.3 is 11.9 Å². The molecule has 0 aromatic rings. The van der Waals surface area contributed by atoms with Gasteiger partial charge in [0, 0.05) is 25.5 Å². The molecule has 36 heavy (non-hydrogen) atoms. The minimum absolute atomic E-state index is 0.0796. The second kappa shape index (κ2) is 27.0. The zero-order valence-corrected chi connectivity index (χ0v) is 24.1. The van der Waals surface area contributed by atoms with Crippen molar-refractivity contribution in [2.75, 3.05) is 19.0 Å². The Balaban J connectivity index is 3.57. The van der Waals surface area contributed by atoms with Crippen LogP contribution in [0, 0.1) is 0 Å². The lowest BCUT2D eigenvalue weighted by Gasteiger charge is -2.15. The van der Waals surface area contributed by atoms with Crippen LogP contribution >= 0.6 is 11.8 Å². The van der Waals surface area contributed by atoms with E-state index in [-0.39, 0.29) is 30.3 Å². The average molecular weight is 531 g/mol. The number of aliphatic hydroxyl groups excluding tert-OH is 1. The molecule has 0 radical (unpaired) electrons. The number of rotatable bonds is 26. The van der Waals surface area contributed by atoms with Crippen molar-refractivity contribution in [3.63, 3.8) is 0 Å². The van der Waals surface area contributed by atoms with Crippen molar-refractivity contribution in [1.82, 2.24) is 0 Å². The van der Waals surface area contributed by atoms with Crippen LogP contribution < -0.4 is 0 Å². The third-order valence-electron chi connectivity index (χ3n) is 6.25. The highest BCUT2D eigenvalue weighted by molar-refractivity contribution is 8.13.